The van der Waals surface area contributed by atoms with E-state index in [-0.39, 0.29) is 0 Å². The summed E-state index contributed by atoms with van der Waals surface area (Å²) in [4.78, 5) is 32.8. The van der Waals surface area contributed by atoms with Crippen LogP contribution in [-0.2, 0) is 9.53 Å². The lowest BCUT2D eigenvalue weighted by atomic mass is 10.2. The molecule has 152 valence electrons. The predicted molar refractivity (Wildman–Crippen MR) is 107 cm³/mol. The fraction of sp³-hybridized carbons (Fsp3) is 0.273. The summed E-state index contributed by atoms with van der Waals surface area (Å²) in [7, 11) is 0. The van der Waals surface area contributed by atoms with E-state index in [1.807, 2.05) is 0 Å². The largest absolute Gasteiger partial charge is 0.452 e. The van der Waals surface area contributed by atoms with E-state index < -0.39 is 24.3 Å². The van der Waals surface area contributed by atoms with Crippen LogP contribution >= 0.6 is 0 Å². The Kier molecular flexibility index (Phi) is 4.46. The monoisotopic (exact) mass is 405 g/mol. The van der Waals surface area contributed by atoms with E-state index in [9.17, 15) is 9.59 Å². The van der Waals surface area contributed by atoms with Crippen molar-refractivity contribution in [3.63, 3.8) is 0 Å². The molecule has 1 N–H and O–H groups in total. The second-order valence-corrected chi connectivity index (χ2v) is 7.37. The number of carbonyl (C=O) groups excluding carboxylic acids is 2. The van der Waals surface area contributed by atoms with Crippen molar-refractivity contribution in [2.45, 2.75) is 31.5 Å². The highest BCUT2D eigenvalue weighted by atomic mass is 16.7. The minimum atomic E-state index is -0.605. The molecule has 3 aromatic rings. The lowest BCUT2D eigenvalue weighted by molar-refractivity contribution is -0.119. The number of nitrogens with zero attached hydrogens (tertiary/aromatic N) is 2. The van der Waals surface area contributed by atoms with Gasteiger partial charge in [-0.15, -0.1) is 0 Å². The van der Waals surface area contributed by atoms with E-state index in [0.29, 0.717) is 33.8 Å². The molecule has 8 heteroatoms. The molecular formula is C22H19N3O5. The Balaban J connectivity index is 1.19. The second kappa shape index (κ2) is 7.29. The molecule has 1 saturated carbocycles. The van der Waals surface area contributed by atoms with E-state index in [4.69, 9.17) is 14.2 Å². The van der Waals surface area contributed by atoms with Gasteiger partial charge in [-0.1, -0.05) is 0 Å². The number of rotatable bonds is 4. The lowest BCUT2D eigenvalue weighted by Crippen LogP contribution is -2.34. The molecule has 2 aliphatic rings. The molecule has 2 aromatic carbocycles. The molecule has 30 heavy (non-hydrogen) atoms. The van der Waals surface area contributed by atoms with Crippen LogP contribution in [0.25, 0.3) is 11.0 Å². The van der Waals surface area contributed by atoms with Gasteiger partial charge in [-0.3, -0.25) is 14.8 Å². The molecule has 0 atom stereocenters. The summed E-state index contributed by atoms with van der Waals surface area (Å²) in [6, 6.07) is 10.1. The first kappa shape index (κ1) is 18.4. The zero-order valence-corrected chi connectivity index (χ0v) is 16.1. The number of nitrogens with one attached hydrogen (secondary N) is 1. The van der Waals surface area contributed by atoms with Gasteiger partial charge < -0.3 is 19.5 Å². The number of fused-ring (bicyclic) bond motifs is 2. The third kappa shape index (κ3) is 3.52. The molecule has 0 unspecified atom stereocenters. The molecule has 1 aliphatic heterocycles. The summed E-state index contributed by atoms with van der Waals surface area (Å²) < 4.78 is 17.1. The Morgan fingerprint density at radius 2 is 1.73 bits per heavy atom. The molecule has 1 aliphatic carbocycles. The van der Waals surface area contributed by atoms with Crippen LogP contribution in [0, 0.1) is 0 Å². The maximum absolute atomic E-state index is 12.3. The third-order valence-corrected chi connectivity index (χ3v) is 5.22. The van der Waals surface area contributed by atoms with Crippen LogP contribution in [-0.4, -0.2) is 34.2 Å². The van der Waals surface area contributed by atoms with Crippen molar-refractivity contribution in [1.29, 1.82) is 0 Å². The highest BCUT2D eigenvalue weighted by molar-refractivity contribution is 5.97. The van der Waals surface area contributed by atoms with Gasteiger partial charge in [-0.25, -0.2) is 4.79 Å². The number of carbonyl (C=O) groups is 2. The van der Waals surface area contributed by atoms with Crippen molar-refractivity contribution in [2.75, 3.05) is 11.9 Å². The van der Waals surface area contributed by atoms with Crippen LogP contribution in [0.3, 0.4) is 0 Å². The molecule has 0 bridgehead atoms. The Morgan fingerprint density at radius 1 is 0.967 bits per heavy atom. The zero-order valence-electron chi connectivity index (χ0n) is 16.1. The number of hydrogen-bond donors (Lipinski definition) is 1. The molecule has 1 aromatic heterocycles. The first-order chi connectivity index (χ1) is 14.6. The van der Waals surface area contributed by atoms with Crippen molar-refractivity contribution in [1.82, 2.24) is 9.97 Å². The van der Waals surface area contributed by atoms with Crippen LogP contribution in [0.15, 0.2) is 48.8 Å². The minimum Gasteiger partial charge on any atom is -0.452 e. The highest BCUT2D eigenvalue weighted by Crippen LogP contribution is 2.47. The van der Waals surface area contributed by atoms with Crippen LogP contribution in [0.4, 0.5) is 5.69 Å². The van der Waals surface area contributed by atoms with Crippen molar-refractivity contribution >= 4 is 28.6 Å². The Hall–Kier alpha value is -3.68. The summed E-state index contributed by atoms with van der Waals surface area (Å²) in [5.74, 6) is -0.306. The van der Waals surface area contributed by atoms with E-state index in [1.54, 1.807) is 48.8 Å². The minimum absolute atomic E-state index is 0.306. The summed E-state index contributed by atoms with van der Waals surface area (Å²) in [5, 5.41) is 2.71. The van der Waals surface area contributed by atoms with Crippen molar-refractivity contribution in [3.05, 3.63) is 54.4 Å². The summed E-state index contributed by atoms with van der Waals surface area (Å²) in [6.07, 6.45) is 7.00. The molecular weight excluding hydrogens is 386 g/mol. The number of anilines is 1. The maximum Gasteiger partial charge on any atom is 0.338 e. The standard InChI is InChI=1S/C22H19N3O5/c26-20(13-28-21(27)14-3-5-16-17(11-14)24-10-9-23-16)25-15-4-6-18-19(12-15)30-22(29-18)7-1-2-8-22/h3-6,9-12H,1-2,7-8,13H2,(H,25,26). The van der Waals surface area contributed by atoms with Gasteiger partial charge in [0, 0.05) is 37.0 Å². The Labute approximate surface area is 172 Å². The van der Waals surface area contributed by atoms with Crippen molar-refractivity contribution < 1.29 is 23.8 Å². The molecule has 1 fully saturated rings. The van der Waals surface area contributed by atoms with Gasteiger partial charge in [0.05, 0.1) is 16.6 Å². The average molecular weight is 405 g/mol. The fourth-order valence-corrected chi connectivity index (χ4v) is 3.79. The second-order valence-electron chi connectivity index (χ2n) is 7.37. The van der Waals surface area contributed by atoms with E-state index in [1.165, 1.54) is 0 Å². The SMILES string of the molecule is O=C(COC(=O)c1ccc2nccnc2c1)Nc1ccc2c(c1)OC1(CCCC1)O2. The van der Waals surface area contributed by atoms with Gasteiger partial charge in [0.1, 0.15) is 0 Å². The molecule has 0 saturated heterocycles. The number of hydrogen-bond acceptors (Lipinski definition) is 7. The average Bonchev–Trinajstić information content (AvgIpc) is 3.37. The normalized spacial score (nSPS) is 16.0. The molecule has 0 radical (unpaired) electrons. The Morgan fingerprint density at radius 3 is 2.57 bits per heavy atom. The highest BCUT2D eigenvalue weighted by Gasteiger charge is 2.44. The van der Waals surface area contributed by atoms with Crippen LogP contribution in [0.5, 0.6) is 11.5 Å². The van der Waals surface area contributed by atoms with Crippen molar-refractivity contribution in [2.24, 2.45) is 0 Å². The van der Waals surface area contributed by atoms with Crippen molar-refractivity contribution in [3.8, 4) is 11.5 Å². The number of aromatic nitrogens is 2. The van der Waals surface area contributed by atoms with Gasteiger partial charge in [0.15, 0.2) is 18.1 Å². The van der Waals surface area contributed by atoms with E-state index >= 15 is 0 Å². The van der Waals surface area contributed by atoms with Crippen LogP contribution in [0.2, 0.25) is 0 Å². The quantitative estimate of drug-likeness (QED) is 0.664. The topological polar surface area (TPSA) is 99.6 Å². The molecule has 5 rings (SSSR count). The van der Waals surface area contributed by atoms with Gasteiger partial charge in [-0.2, -0.15) is 0 Å². The number of esters is 1. The molecule has 2 heterocycles. The number of ether oxygens (including phenoxy) is 3. The predicted octanol–water partition coefficient (Wildman–Crippen LogP) is 3.47. The number of benzene rings is 2. The van der Waals surface area contributed by atoms with E-state index in [2.05, 4.69) is 15.3 Å². The van der Waals surface area contributed by atoms with Gasteiger partial charge in [0.2, 0.25) is 0 Å². The smallest absolute Gasteiger partial charge is 0.338 e. The van der Waals surface area contributed by atoms with Gasteiger partial charge >= 0.3 is 5.97 Å². The molecule has 1 amide bonds. The third-order valence-electron chi connectivity index (χ3n) is 5.22. The Bertz CT molecular complexity index is 1140. The summed E-state index contributed by atoms with van der Waals surface area (Å²) >= 11 is 0. The summed E-state index contributed by atoms with van der Waals surface area (Å²) in [6.45, 7) is -0.407. The maximum atomic E-state index is 12.3. The first-order valence-corrected chi connectivity index (χ1v) is 9.80. The van der Waals surface area contributed by atoms with Crippen LogP contribution in [0.1, 0.15) is 36.0 Å². The zero-order chi connectivity index (χ0) is 20.6. The lowest BCUT2D eigenvalue weighted by Gasteiger charge is -2.21. The summed E-state index contributed by atoms with van der Waals surface area (Å²) in [5.41, 5.74) is 2.11. The van der Waals surface area contributed by atoms with Crippen LogP contribution < -0.4 is 14.8 Å². The fourth-order valence-electron chi connectivity index (χ4n) is 3.79. The van der Waals surface area contributed by atoms with Gasteiger partial charge in [0.25, 0.3) is 11.7 Å². The number of amides is 1. The molecule has 1 spiro atoms. The molecule has 8 nitrogen and oxygen atoms in total. The van der Waals surface area contributed by atoms with E-state index in [0.717, 1.165) is 25.7 Å². The van der Waals surface area contributed by atoms with Gasteiger partial charge in [-0.05, 0) is 43.2 Å². The first-order valence-electron chi connectivity index (χ1n) is 9.80.